The van der Waals surface area contributed by atoms with E-state index >= 15 is 0 Å². The fourth-order valence-corrected chi connectivity index (χ4v) is 3.48. The maximum Gasteiger partial charge on any atom is 0.247 e. The molecule has 1 saturated heterocycles. The first-order valence-corrected chi connectivity index (χ1v) is 9.52. The molecule has 1 aliphatic rings. The number of carbonyl (C=O) groups excluding carboxylic acids is 1. The van der Waals surface area contributed by atoms with E-state index in [0.717, 1.165) is 37.3 Å². The van der Waals surface area contributed by atoms with Crippen molar-refractivity contribution in [3.63, 3.8) is 0 Å². The number of benzene rings is 1. The van der Waals surface area contributed by atoms with Crippen LogP contribution < -0.4 is 9.47 Å². The van der Waals surface area contributed by atoms with E-state index in [1.807, 2.05) is 35.2 Å². The number of likely N-dealkylation sites (tertiary alicyclic amines) is 1. The molecule has 28 heavy (non-hydrogen) atoms. The molecule has 0 spiro atoms. The van der Waals surface area contributed by atoms with E-state index in [0.29, 0.717) is 18.0 Å². The van der Waals surface area contributed by atoms with Gasteiger partial charge < -0.3 is 23.7 Å². The highest BCUT2D eigenvalue weighted by molar-refractivity contribution is 5.92. The molecule has 1 aliphatic heterocycles. The number of rotatable bonds is 7. The van der Waals surface area contributed by atoms with Crippen LogP contribution >= 0.6 is 0 Å². The zero-order valence-corrected chi connectivity index (χ0v) is 16.8. The van der Waals surface area contributed by atoms with E-state index in [9.17, 15) is 4.79 Å². The highest BCUT2D eigenvalue weighted by Crippen LogP contribution is 2.26. The summed E-state index contributed by atoms with van der Waals surface area (Å²) in [6, 6.07) is 9.51. The summed E-state index contributed by atoms with van der Waals surface area (Å²) in [6.45, 7) is 2.45. The summed E-state index contributed by atoms with van der Waals surface area (Å²) in [5.41, 5.74) is 0.831. The second-order valence-electron chi connectivity index (χ2n) is 7.02. The molecule has 0 unspecified atom stereocenters. The highest BCUT2D eigenvalue weighted by Gasteiger charge is 2.26. The normalized spacial score (nSPS) is 15.7. The van der Waals surface area contributed by atoms with Crippen LogP contribution in [0.3, 0.4) is 0 Å². The minimum absolute atomic E-state index is 0.0242. The van der Waals surface area contributed by atoms with Crippen LogP contribution in [0.25, 0.3) is 6.08 Å². The van der Waals surface area contributed by atoms with Crippen molar-refractivity contribution in [3.05, 3.63) is 54.0 Å². The summed E-state index contributed by atoms with van der Waals surface area (Å²) >= 11 is 0. The SMILES string of the molecule is COc1ccc(/C=C/C(=O)N(Cc2ccco2)C2CCN(C)CC2)c(OC)c1. The van der Waals surface area contributed by atoms with Crippen LogP contribution in [0.5, 0.6) is 11.5 Å². The van der Waals surface area contributed by atoms with Crippen molar-refractivity contribution in [2.45, 2.75) is 25.4 Å². The molecule has 0 N–H and O–H groups in total. The second kappa shape index (κ2) is 9.46. The molecule has 0 radical (unpaired) electrons. The monoisotopic (exact) mass is 384 g/mol. The number of piperidine rings is 1. The zero-order valence-electron chi connectivity index (χ0n) is 16.8. The summed E-state index contributed by atoms with van der Waals surface area (Å²) < 4.78 is 16.1. The number of methoxy groups -OCH3 is 2. The molecule has 2 aromatic rings. The summed E-state index contributed by atoms with van der Waals surface area (Å²) in [5.74, 6) is 2.15. The number of carbonyl (C=O) groups is 1. The minimum Gasteiger partial charge on any atom is -0.497 e. The lowest BCUT2D eigenvalue weighted by Gasteiger charge is -2.36. The van der Waals surface area contributed by atoms with Crippen molar-refractivity contribution >= 4 is 12.0 Å². The molecular formula is C22H28N2O4. The largest absolute Gasteiger partial charge is 0.497 e. The number of hydrogen-bond acceptors (Lipinski definition) is 5. The Morgan fingerprint density at radius 2 is 2.04 bits per heavy atom. The van der Waals surface area contributed by atoms with Gasteiger partial charge in [-0.15, -0.1) is 0 Å². The molecule has 1 fully saturated rings. The lowest BCUT2D eigenvalue weighted by Crippen LogP contribution is -2.45. The standard InChI is InChI=1S/C22H28N2O4/c1-23-12-10-18(11-13-23)24(16-20-5-4-14-28-20)22(25)9-7-17-6-8-19(26-2)15-21(17)27-3/h4-9,14-15,18H,10-13,16H2,1-3H3/b9-7+. The van der Waals surface area contributed by atoms with Crippen molar-refractivity contribution < 1.29 is 18.7 Å². The molecule has 0 aliphatic carbocycles. The molecule has 1 amide bonds. The van der Waals surface area contributed by atoms with Crippen LogP contribution in [0, 0.1) is 0 Å². The molecule has 3 rings (SSSR count). The summed E-state index contributed by atoms with van der Waals surface area (Å²) in [5, 5.41) is 0. The van der Waals surface area contributed by atoms with Crippen molar-refractivity contribution in [2.75, 3.05) is 34.4 Å². The third-order valence-electron chi connectivity index (χ3n) is 5.16. The molecule has 150 valence electrons. The molecular weight excluding hydrogens is 356 g/mol. The average Bonchev–Trinajstić information content (AvgIpc) is 3.24. The van der Waals surface area contributed by atoms with Crippen molar-refractivity contribution in [3.8, 4) is 11.5 Å². The van der Waals surface area contributed by atoms with Gasteiger partial charge in [0.25, 0.3) is 0 Å². The molecule has 1 aromatic heterocycles. The van der Waals surface area contributed by atoms with Gasteiger partial charge in [0.1, 0.15) is 17.3 Å². The maximum absolute atomic E-state index is 13.1. The van der Waals surface area contributed by atoms with E-state index in [2.05, 4.69) is 11.9 Å². The van der Waals surface area contributed by atoms with Crippen LogP contribution in [0.4, 0.5) is 0 Å². The number of hydrogen-bond donors (Lipinski definition) is 0. The predicted octanol–water partition coefficient (Wildman–Crippen LogP) is 3.43. The minimum atomic E-state index is -0.0242. The van der Waals surface area contributed by atoms with E-state index < -0.39 is 0 Å². The topological polar surface area (TPSA) is 55.2 Å². The summed E-state index contributed by atoms with van der Waals surface area (Å²) in [4.78, 5) is 17.3. The lowest BCUT2D eigenvalue weighted by atomic mass is 10.0. The first kappa shape index (κ1) is 20.0. The number of furan rings is 1. The molecule has 0 saturated carbocycles. The van der Waals surface area contributed by atoms with Gasteiger partial charge in [0.15, 0.2) is 0 Å². The molecule has 1 aromatic carbocycles. The Hall–Kier alpha value is -2.73. The predicted molar refractivity (Wildman–Crippen MR) is 108 cm³/mol. The van der Waals surface area contributed by atoms with Gasteiger partial charge in [-0.25, -0.2) is 0 Å². The molecule has 0 atom stereocenters. The lowest BCUT2D eigenvalue weighted by molar-refractivity contribution is -0.130. The van der Waals surface area contributed by atoms with E-state index in [1.54, 1.807) is 32.6 Å². The Kier molecular flexibility index (Phi) is 6.76. The second-order valence-corrected chi connectivity index (χ2v) is 7.02. The molecule has 2 heterocycles. The Labute approximate surface area is 166 Å². The average molecular weight is 384 g/mol. The van der Waals surface area contributed by atoms with Gasteiger partial charge in [-0.1, -0.05) is 0 Å². The zero-order chi connectivity index (χ0) is 19.9. The Morgan fingerprint density at radius 1 is 1.25 bits per heavy atom. The fraction of sp³-hybridized carbons (Fsp3) is 0.409. The Balaban J connectivity index is 1.77. The third-order valence-corrected chi connectivity index (χ3v) is 5.16. The van der Waals surface area contributed by atoms with Gasteiger partial charge in [-0.2, -0.15) is 0 Å². The van der Waals surface area contributed by atoms with Gasteiger partial charge in [0, 0.05) is 23.7 Å². The van der Waals surface area contributed by atoms with Crippen molar-refractivity contribution in [1.29, 1.82) is 0 Å². The molecule has 6 heteroatoms. The summed E-state index contributed by atoms with van der Waals surface area (Å²) in [6.07, 6.45) is 6.98. The third kappa shape index (κ3) is 4.95. The van der Waals surface area contributed by atoms with E-state index in [1.165, 1.54) is 0 Å². The smallest absolute Gasteiger partial charge is 0.247 e. The highest BCUT2D eigenvalue weighted by atomic mass is 16.5. The Bertz CT molecular complexity index is 793. The van der Waals surface area contributed by atoms with Crippen LogP contribution in [0.15, 0.2) is 47.1 Å². The van der Waals surface area contributed by atoms with E-state index in [-0.39, 0.29) is 11.9 Å². The van der Waals surface area contributed by atoms with Crippen molar-refractivity contribution in [1.82, 2.24) is 9.80 Å². The van der Waals surface area contributed by atoms with Gasteiger partial charge in [0.05, 0.1) is 27.0 Å². The number of ether oxygens (including phenoxy) is 2. The van der Waals surface area contributed by atoms with Crippen LogP contribution in [-0.2, 0) is 11.3 Å². The van der Waals surface area contributed by atoms with Gasteiger partial charge in [-0.3, -0.25) is 4.79 Å². The van der Waals surface area contributed by atoms with Gasteiger partial charge in [-0.05, 0) is 63.3 Å². The fourth-order valence-electron chi connectivity index (χ4n) is 3.48. The first-order valence-electron chi connectivity index (χ1n) is 9.52. The summed E-state index contributed by atoms with van der Waals surface area (Å²) in [7, 11) is 5.34. The van der Waals surface area contributed by atoms with Crippen LogP contribution in [-0.4, -0.2) is 56.1 Å². The van der Waals surface area contributed by atoms with Gasteiger partial charge in [0.2, 0.25) is 5.91 Å². The van der Waals surface area contributed by atoms with Crippen molar-refractivity contribution in [2.24, 2.45) is 0 Å². The number of nitrogens with zero attached hydrogens (tertiary/aromatic N) is 2. The maximum atomic E-state index is 13.1. The first-order chi connectivity index (χ1) is 13.6. The molecule has 0 bridgehead atoms. The number of amides is 1. The Morgan fingerprint density at radius 3 is 2.68 bits per heavy atom. The van der Waals surface area contributed by atoms with Gasteiger partial charge >= 0.3 is 0 Å². The molecule has 6 nitrogen and oxygen atoms in total. The van der Waals surface area contributed by atoms with E-state index in [4.69, 9.17) is 13.9 Å². The van der Waals surface area contributed by atoms with Crippen LogP contribution in [0.1, 0.15) is 24.2 Å². The quantitative estimate of drug-likeness (QED) is 0.685. The van der Waals surface area contributed by atoms with Crippen LogP contribution in [0.2, 0.25) is 0 Å².